The van der Waals surface area contributed by atoms with Crippen molar-refractivity contribution in [3.8, 4) is 0 Å². The normalized spacial score (nSPS) is 13.6. The van der Waals surface area contributed by atoms with Crippen LogP contribution in [0.3, 0.4) is 0 Å². The van der Waals surface area contributed by atoms with Gasteiger partial charge in [-0.2, -0.15) is 4.98 Å². The van der Waals surface area contributed by atoms with E-state index in [1.807, 2.05) is 22.8 Å². The highest BCUT2D eigenvalue weighted by atomic mass is 35.5. The lowest BCUT2D eigenvalue weighted by Gasteiger charge is -2.30. The second-order valence-electron chi connectivity index (χ2n) is 8.36. The van der Waals surface area contributed by atoms with Crippen LogP contribution < -0.4 is 16.1 Å². The Hall–Kier alpha value is -3.32. The molecule has 7 nitrogen and oxygen atoms in total. The van der Waals surface area contributed by atoms with Gasteiger partial charge in [0, 0.05) is 30.8 Å². The minimum atomic E-state index is -0.407. The first-order valence-corrected chi connectivity index (χ1v) is 11.0. The van der Waals surface area contributed by atoms with Gasteiger partial charge in [0.1, 0.15) is 0 Å². The zero-order valence-electron chi connectivity index (χ0n) is 18.3. The number of rotatable bonds is 3. The third-order valence-corrected chi connectivity index (χ3v) is 6.52. The van der Waals surface area contributed by atoms with Crippen LogP contribution in [0.15, 0.2) is 52.1 Å². The fourth-order valence-electron chi connectivity index (χ4n) is 4.54. The van der Waals surface area contributed by atoms with Crippen molar-refractivity contribution in [1.29, 1.82) is 0 Å². The number of halogens is 1. The average Bonchev–Trinajstić information content (AvgIpc) is 3.17. The minimum Gasteiger partial charge on any atom is -0.312 e. The molecule has 8 heteroatoms. The molecule has 3 heterocycles. The molecule has 0 amide bonds. The van der Waals surface area contributed by atoms with E-state index < -0.39 is 5.69 Å². The fraction of sp³-hybridized carbons (Fsp3) is 0.292. The van der Waals surface area contributed by atoms with Crippen LogP contribution in [0.25, 0.3) is 11.2 Å². The lowest BCUT2D eigenvalue weighted by Crippen LogP contribution is -2.40. The molecule has 0 aliphatic carbocycles. The second-order valence-corrected chi connectivity index (χ2v) is 8.76. The Kier molecular flexibility index (Phi) is 4.93. The lowest BCUT2D eigenvalue weighted by molar-refractivity contribution is 0.597. The van der Waals surface area contributed by atoms with Crippen molar-refractivity contribution < 1.29 is 0 Å². The molecule has 4 aromatic rings. The topological polar surface area (TPSA) is 65.1 Å². The quantitative estimate of drug-likeness (QED) is 0.477. The van der Waals surface area contributed by atoms with E-state index in [9.17, 15) is 9.59 Å². The molecule has 0 bridgehead atoms. The first-order valence-electron chi connectivity index (χ1n) is 10.6. The molecule has 32 heavy (non-hydrogen) atoms. The molecule has 0 spiro atoms. The minimum absolute atomic E-state index is 0.114. The smallest absolute Gasteiger partial charge is 0.312 e. The third-order valence-electron chi connectivity index (χ3n) is 6.15. The van der Waals surface area contributed by atoms with E-state index >= 15 is 0 Å². The summed E-state index contributed by atoms with van der Waals surface area (Å²) in [6, 6.07) is 13.6. The fourth-order valence-corrected chi connectivity index (χ4v) is 4.73. The van der Waals surface area contributed by atoms with E-state index in [4.69, 9.17) is 16.6 Å². The van der Waals surface area contributed by atoms with E-state index in [1.165, 1.54) is 14.7 Å². The van der Waals surface area contributed by atoms with Gasteiger partial charge in [-0.1, -0.05) is 47.5 Å². The highest BCUT2D eigenvalue weighted by Gasteiger charge is 2.27. The maximum atomic E-state index is 13.5. The van der Waals surface area contributed by atoms with E-state index in [-0.39, 0.29) is 12.1 Å². The Morgan fingerprint density at radius 3 is 2.59 bits per heavy atom. The van der Waals surface area contributed by atoms with Gasteiger partial charge < -0.3 is 9.47 Å². The summed E-state index contributed by atoms with van der Waals surface area (Å²) in [5.41, 5.74) is 4.24. The first-order chi connectivity index (χ1) is 15.4. The van der Waals surface area contributed by atoms with Crippen LogP contribution in [-0.4, -0.2) is 25.2 Å². The summed E-state index contributed by atoms with van der Waals surface area (Å²) in [5, 5.41) is 0.526. The van der Waals surface area contributed by atoms with Crippen molar-refractivity contribution in [3.05, 3.63) is 85.0 Å². The van der Waals surface area contributed by atoms with Gasteiger partial charge in [0.25, 0.3) is 5.56 Å². The molecule has 0 N–H and O–H groups in total. The summed E-state index contributed by atoms with van der Waals surface area (Å²) in [6.45, 7) is 5.74. The molecule has 2 aromatic heterocycles. The van der Waals surface area contributed by atoms with Gasteiger partial charge in [0.05, 0.1) is 6.54 Å². The number of nitrogens with zero attached hydrogens (tertiary/aromatic N) is 5. The summed E-state index contributed by atoms with van der Waals surface area (Å²) < 4.78 is 4.65. The van der Waals surface area contributed by atoms with Crippen LogP contribution in [0, 0.1) is 13.8 Å². The van der Waals surface area contributed by atoms with Gasteiger partial charge in [-0.05, 0) is 43.5 Å². The molecule has 0 saturated carbocycles. The number of aromatic nitrogens is 4. The van der Waals surface area contributed by atoms with Gasteiger partial charge in [-0.25, -0.2) is 4.79 Å². The average molecular weight is 450 g/mol. The summed E-state index contributed by atoms with van der Waals surface area (Å²) in [4.78, 5) is 33.5. The number of aryl methyl sites for hydroxylation is 4. The maximum absolute atomic E-state index is 13.5. The molecule has 164 valence electrons. The molecule has 2 aromatic carbocycles. The van der Waals surface area contributed by atoms with Gasteiger partial charge in [-0.15, -0.1) is 0 Å². The maximum Gasteiger partial charge on any atom is 0.332 e. The molecule has 1 aliphatic rings. The monoisotopic (exact) mass is 449 g/mol. The van der Waals surface area contributed by atoms with E-state index in [0.717, 1.165) is 29.8 Å². The lowest BCUT2D eigenvalue weighted by atomic mass is 10.1. The van der Waals surface area contributed by atoms with Crippen LogP contribution in [-0.2, 0) is 20.1 Å². The zero-order valence-corrected chi connectivity index (χ0v) is 19.1. The van der Waals surface area contributed by atoms with Crippen molar-refractivity contribution >= 4 is 34.4 Å². The van der Waals surface area contributed by atoms with Gasteiger partial charge in [-0.3, -0.25) is 13.9 Å². The SMILES string of the molecule is Cc1ccc(N2CCCn3c2nc2c3c(=O)n(Cc3ccccc3Cl)c(=O)n2C)c(C)c1. The summed E-state index contributed by atoms with van der Waals surface area (Å²) >= 11 is 6.30. The van der Waals surface area contributed by atoms with Crippen LogP contribution in [0.4, 0.5) is 11.6 Å². The Labute approximate surface area is 190 Å². The highest BCUT2D eigenvalue weighted by molar-refractivity contribution is 6.31. The Morgan fingerprint density at radius 2 is 1.84 bits per heavy atom. The molecular formula is C24H24ClN5O2. The molecule has 5 rings (SSSR count). The molecule has 1 aliphatic heterocycles. The Balaban J connectivity index is 1.72. The molecule has 0 fully saturated rings. The van der Waals surface area contributed by atoms with Gasteiger partial charge in [0.2, 0.25) is 5.95 Å². The summed E-state index contributed by atoms with van der Waals surface area (Å²) in [7, 11) is 1.66. The number of imidazole rings is 1. The van der Waals surface area contributed by atoms with Crippen LogP contribution in [0.1, 0.15) is 23.1 Å². The Bertz CT molecular complexity index is 1480. The molecule has 0 atom stereocenters. The Morgan fingerprint density at radius 1 is 1.06 bits per heavy atom. The highest BCUT2D eigenvalue weighted by Crippen LogP contribution is 2.33. The first kappa shape index (κ1) is 20.6. The van der Waals surface area contributed by atoms with E-state index in [1.54, 1.807) is 13.1 Å². The molecule has 0 saturated heterocycles. The second kappa shape index (κ2) is 7.67. The zero-order chi connectivity index (χ0) is 22.6. The van der Waals surface area contributed by atoms with Crippen molar-refractivity contribution in [1.82, 2.24) is 18.7 Å². The number of anilines is 2. The number of benzene rings is 2. The van der Waals surface area contributed by atoms with Crippen LogP contribution in [0.2, 0.25) is 5.02 Å². The number of hydrogen-bond donors (Lipinski definition) is 0. The largest absolute Gasteiger partial charge is 0.332 e. The van der Waals surface area contributed by atoms with Crippen LogP contribution in [0.5, 0.6) is 0 Å². The number of hydrogen-bond acceptors (Lipinski definition) is 4. The van der Waals surface area contributed by atoms with Crippen molar-refractivity contribution in [2.75, 3.05) is 11.4 Å². The standard InChI is InChI=1S/C24H24ClN5O2/c1-15-9-10-19(16(2)13-15)28-11-6-12-29-20-21(26-23(28)29)27(3)24(32)30(22(20)31)14-17-7-4-5-8-18(17)25/h4-5,7-10,13H,6,11-12,14H2,1-3H3. The summed E-state index contributed by atoms with van der Waals surface area (Å²) in [5.74, 6) is 0.695. The summed E-state index contributed by atoms with van der Waals surface area (Å²) in [6.07, 6.45) is 0.874. The van der Waals surface area contributed by atoms with E-state index in [0.29, 0.717) is 28.7 Å². The van der Waals surface area contributed by atoms with E-state index in [2.05, 4.69) is 36.9 Å². The molecule has 0 radical (unpaired) electrons. The van der Waals surface area contributed by atoms with Gasteiger partial charge in [0.15, 0.2) is 11.2 Å². The predicted molar refractivity (Wildman–Crippen MR) is 127 cm³/mol. The van der Waals surface area contributed by atoms with Crippen molar-refractivity contribution in [2.24, 2.45) is 7.05 Å². The van der Waals surface area contributed by atoms with Crippen LogP contribution >= 0.6 is 11.6 Å². The number of fused-ring (bicyclic) bond motifs is 3. The van der Waals surface area contributed by atoms with Gasteiger partial charge >= 0.3 is 5.69 Å². The van der Waals surface area contributed by atoms with Crippen molar-refractivity contribution in [2.45, 2.75) is 33.4 Å². The van der Waals surface area contributed by atoms with Crippen molar-refractivity contribution in [3.63, 3.8) is 0 Å². The molecule has 0 unspecified atom stereocenters. The molecular weight excluding hydrogens is 426 g/mol. The third kappa shape index (κ3) is 3.15. The predicted octanol–water partition coefficient (Wildman–Crippen LogP) is 3.76.